The summed E-state index contributed by atoms with van der Waals surface area (Å²) in [7, 11) is 0. The normalized spacial score (nSPS) is 29.4. The molecule has 2 aliphatic rings. The second kappa shape index (κ2) is 5.13. The van der Waals surface area contributed by atoms with Crippen molar-refractivity contribution in [2.24, 2.45) is 5.92 Å². The molecule has 3 unspecified atom stereocenters. The van der Waals surface area contributed by atoms with E-state index in [9.17, 15) is 13.6 Å². The van der Waals surface area contributed by atoms with Crippen LogP contribution in [0.3, 0.4) is 0 Å². The Morgan fingerprint density at radius 2 is 2.15 bits per heavy atom. The zero-order valence-electron chi connectivity index (χ0n) is 11.4. The lowest BCUT2D eigenvalue weighted by atomic mass is 10.1. The third-order valence-electron chi connectivity index (χ3n) is 4.26. The van der Waals surface area contributed by atoms with E-state index in [1.54, 1.807) is 6.07 Å². The Balaban J connectivity index is 1.68. The second-order valence-corrected chi connectivity index (χ2v) is 5.71. The van der Waals surface area contributed by atoms with Crippen LogP contribution in [0, 0.1) is 17.6 Å². The van der Waals surface area contributed by atoms with Crippen LogP contribution < -0.4 is 5.32 Å². The molecule has 1 saturated heterocycles. The predicted molar refractivity (Wildman–Crippen MR) is 71.3 cm³/mol. The number of nitrogens with zero attached hydrogens (tertiary/aromatic N) is 1. The number of hydrogen-bond donors (Lipinski definition) is 1. The maximum absolute atomic E-state index is 13.2. The minimum atomic E-state index is -0.840. The molecule has 1 aromatic rings. The van der Waals surface area contributed by atoms with Gasteiger partial charge < -0.3 is 10.2 Å². The van der Waals surface area contributed by atoms with Gasteiger partial charge in [-0.05, 0) is 37.0 Å². The molecule has 0 radical (unpaired) electrons. The van der Waals surface area contributed by atoms with Gasteiger partial charge in [-0.2, -0.15) is 0 Å². The largest absolute Gasteiger partial charge is 0.337 e. The molecule has 1 aliphatic heterocycles. The van der Waals surface area contributed by atoms with E-state index in [0.717, 1.165) is 37.7 Å². The second-order valence-electron chi connectivity index (χ2n) is 5.71. The Hall–Kier alpha value is -1.49. The van der Waals surface area contributed by atoms with E-state index in [4.69, 9.17) is 0 Å². The number of nitrogens with one attached hydrogen (secondary N) is 1. The molecular weight excluding hydrogens is 262 g/mol. The van der Waals surface area contributed by atoms with Gasteiger partial charge in [-0.1, -0.05) is 6.07 Å². The third-order valence-corrected chi connectivity index (χ3v) is 4.26. The number of halogens is 2. The van der Waals surface area contributed by atoms with Crippen molar-refractivity contribution in [1.82, 2.24) is 10.2 Å². The lowest BCUT2D eigenvalue weighted by molar-refractivity contribution is -0.135. The fraction of sp³-hybridized carbons (Fsp3) is 0.533. The molecule has 1 heterocycles. The van der Waals surface area contributed by atoms with Crippen LogP contribution in [0.4, 0.5) is 8.78 Å². The first-order valence-electron chi connectivity index (χ1n) is 7.04. The lowest BCUT2D eigenvalue weighted by Gasteiger charge is -2.34. The summed E-state index contributed by atoms with van der Waals surface area (Å²) in [4.78, 5) is 14.3. The number of piperazine rings is 1. The topological polar surface area (TPSA) is 32.3 Å². The van der Waals surface area contributed by atoms with E-state index >= 15 is 0 Å². The van der Waals surface area contributed by atoms with Gasteiger partial charge in [0.1, 0.15) is 0 Å². The van der Waals surface area contributed by atoms with Crippen LogP contribution in [0.2, 0.25) is 0 Å². The number of benzene rings is 1. The van der Waals surface area contributed by atoms with E-state index in [2.05, 4.69) is 5.32 Å². The van der Waals surface area contributed by atoms with Gasteiger partial charge in [0.2, 0.25) is 5.91 Å². The van der Waals surface area contributed by atoms with Gasteiger partial charge in [0, 0.05) is 31.6 Å². The molecule has 3 nitrogen and oxygen atoms in total. The zero-order chi connectivity index (χ0) is 14.3. The molecule has 1 amide bonds. The summed E-state index contributed by atoms with van der Waals surface area (Å²) in [5, 5.41) is 3.25. The highest BCUT2D eigenvalue weighted by molar-refractivity contribution is 5.83. The minimum Gasteiger partial charge on any atom is -0.337 e. The summed E-state index contributed by atoms with van der Waals surface area (Å²) in [5.74, 6) is -1.56. The van der Waals surface area contributed by atoms with Crippen molar-refractivity contribution < 1.29 is 13.6 Å². The highest BCUT2D eigenvalue weighted by Gasteiger charge is 2.46. The van der Waals surface area contributed by atoms with E-state index < -0.39 is 11.6 Å². The molecule has 3 atom stereocenters. The molecule has 0 spiro atoms. The first-order chi connectivity index (χ1) is 9.58. The van der Waals surface area contributed by atoms with Gasteiger partial charge in [-0.15, -0.1) is 0 Å². The third kappa shape index (κ3) is 2.42. The van der Waals surface area contributed by atoms with Crippen LogP contribution in [0.15, 0.2) is 18.2 Å². The van der Waals surface area contributed by atoms with Crippen LogP contribution >= 0.6 is 0 Å². The van der Waals surface area contributed by atoms with Crippen LogP contribution in [0.5, 0.6) is 0 Å². The quantitative estimate of drug-likeness (QED) is 0.897. The molecule has 1 aromatic carbocycles. The zero-order valence-corrected chi connectivity index (χ0v) is 11.4. The Bertz CT molecular complexity index is 535. The maximum Gasteiger partial charge on any atom is 0.226 e. The van der Waals surface area contributed by atoms with E-state index in [-0.39, 0.29) is 23.8 Å². The van der Waals surface area contributed by atoms with E-state index in [1.807, 2.05) is 11.8 Å². The molecule has 0 bridgehead atoms. The van der Waals surface area contributed by atoms with Gasteiger partial charge in [0.15, 0.2) is 11.6 Å². The van der Waals surface area contributed by atoms with Crippen molar-refractivity contribution in [3.8, 4) is 0 Å². The monoisotopic (exact) mass is 280 g/mol. The standard InChI is InChI=1S/C15H18F2N2O/c1-9-8-18-4-5-19(9)15(20)12-7-11(12)10-2-3-13(16)14(17)6-10/h2-3,6,9,11-12,18H,4-5,7-8H2,1H3. The molecule has 5 heteroatoms. The summed E-state index contributed by atoms with van der Waals surface area (Å²) in [5.41, 5.74) is 0.727. The maximum atomic E-state index is 13.2. The van der Waals surface area contributed by atoms with Crippen molar-refractivity contribution in [3.05, 3.63) is 35.4 Å². The van der Waals surface area contributed by atoms with E-state index in [1.165, 1.54) is 6.07 Å². The summed E-state index contributed by atoms with van der Waals surface area (Å²) in [6.07, 6.45) is 0.737. The predicted octanol–water partition coefficient (Wildman–Crippen LogP) is 1.89. The summed E-state index contributed by atoms with van der Waals surface area (Å²) >= 11 is 0. The first kappa shape index (κ1) is 13.5. The molecule has 1 saturated carbocycles. The van der Waals surface area contributed by atoms with Gasteiger partial charge in [-0.25, -0.2) is 8.78 Å². The summed E-state index contributed by atoms with van der Waals surface area (Å²) in [6.45, 7) is 4.38. The molecule has 108 valence electrons. The number of amides is 1. The Labute approximate surface area is 117 Å². The molecule has 0 aromatic heterocycles. The smallest absolute Gasteiger partial charge is 0.226 e. The lowest BCUT2D eigenvalue weighted by Crippen LogP contribution is -2.52. The molecule has 3 rings (SSSR count). The van der Waals surface area contributed by atoms with Crippen LogP contribution in [-0.2, 0) is 4.79 Å². The van der Waals surface area contributed by atoms with Gasteiger partial charge >= 0.3 is 0 Å². The number of carbonyl (C=O) groups is 1. The summed E-state index contributed by atoms with van der Waals surface area (Å²) in [6, 6.07) is 4.13. The Morgan fingerprint density at radius 3 is 2.85 bits per heavy atom. The average Bonchev–Trinajstić information content (AvgIpc) is 3.22. The van der Waals surface area contributed by atoms with Crippen molar-refractivity contribution in [1.29, 1.82) is 0 Å². The Kier molecular flexibility index (Phi) is 3.46. The fourth-order valence-electron chi connectivity index (χ4n) is 2.96. The molecule has 20 heavy (non-hydrogen) atoms. The number of hydrogen-bond acceptors (Lipinski definition) is 2. The van der Waals surface area contributed by atoms with Crippen LogP contribution in [-0.4, -0.2) is 36.5 Å². The fourth-order valence-corrected chi connectivity index (χ4v) is 2.96. The van der Waals surface area contributed by atoms with Crippen LogP contribution in [0.1, 0.15) is 24.8 Å². The highest BCUT2D eigenvalue weighted by Crippen LogP contribution is 2.48. The average molecular weight is 280 g/mol. The van der Waals surface area contributed by atoms with Crippen molar-refractivity contribution in [2.45, 2.75) is 25.3 Å². The minimum absolute atomic E-state index is 0.0414. The summed E-state index contributed by atoms with van der Waals surface area (Å²) < 4.78 is 26.2. The van der Waals surface area contributed by atoms with Crippen molar-refractivity contribution in [3.63, 3.8) is 0 Å². The van der Waals surface area contributed by atoms with Gasteiger partial charge in [0.25, 0.3) is 0 Å². The van der Waals surface area contributed by atoms with E-state index in [0.29, 0.717) is 0 Å². The first-order valence-corrected chi connectivity index (χ1v) is 7.04. The molecule has 1 aliphatic carbocycles. The molecule has 1 N–H and O–H groups in total. The Morgan fingerprint density at radius 1 is 1.35 bits per heavy atom. The SMILES string of the molecule is CC1CNCCN1C(=O)C1CC1c1ccc(F)c(F)c1. The van der Waals surface area contributed by atoms with Crippen LogP contribution in [0.25, 0.3) is 0 Å². The number of rotatable bonds is 2. The van der Waals surface area contributed by atoms with Gasteiger partial charge in [-0.3, -0.25) is 4.79 Å². The molecular formula is C15H18F2N2O. The molecule has 2 fully saturated rings. The van der Waals surface area contributed by atoms with Crippen molar-refractivity contribution >= 4 is 5.91 Å². The number of carbonyl (C=O) groups excluding carboxylic acids is 1. The highest BCUT2D eigenvalue weighted by atomic mass is 19.2. The van der Waals surface area contributed by atoms with Crippen molar-refractivity contribution in [2.75, 3.05) is 19.6 Å². The van der Waals surface area contributed by atoms with Gasteiger partial charge in [0.05, 0.1) is 0 Å².